The maximum Gasteiger partial charge on any atom is 0.276 e. The van der Waals surface area contributed by atoms with Crippen LogP contribution in [-0.4, -0.2) is 17.5 Å². The van der Waals surface area contributed by atoms with Gasteiger partial charge in [0, 0.05) is 5.56 Å². The van der Waals surface area contributed by atoms with Gasteiger partial charge < -0.3 is 5.32 Å². The average Bonchev–Trinajstić information content (AvgIpc) is 3.14. The lowest BCUT2D eigenvalue weighted by Crippen LogP contribution is -2.26. The van der Waals surface area contributed by atoms with Crippen LogP contribution in [0.15, 0.2) is 70.7 Å². The molecule has 2 aliphatic heterocycles. The minimum Gasteiger partial charge on any atom is -0.341 e. The number of carbonyl (C=O) groups excluding carboxylic acids is 2. The van der Waals surface area contributed by atoms with E-state index >= 15 is 0 Å². The van der Waals surface area contributed by atoms with Crippen molar-refractivity contribution in [2.24, 2.45) is 4.99 Å². The summed E-state index contributed by atoms with van der Waals surface area (Å²) in [5.41, 5.74) is 4.25. The molecule has 2 aromatic rings. The molecule has 0 saturated heterocycles. The second-order valence-corrected chi connectivity index (χ2v) is 7.70. The minimum absolute atomic E-state index is 0.0411. The lowest BCUT2D eigenvalue weighted by molar-refractivity contribution is -0.116. The van der Waals surface area contributed by atoms with Crippen LogP contribution in [0.5, 0.6) is 0 Å². The molecule has 26 heavy (non-hydrogen) atoms. The number of aliphatic imine (C=N–C) groups is 1. The van der Waals surface area contributed by atoms with Crippen LogP contribution in [-0.2, 0) is 15.0 Å². The van der Waals surface area contributed by atoms with Crippen LogP contribution in [0.25, 0.3) is 0 Å². The van der Waals surface area contributed by atoms with Gasteiger partial charge in [0.25, 0.3) is 11.8 Å². The number of carbonyl (C=O) groups is 2. The number of hydrogen-bond donors (Lipinski definition) is 1. The topological polar surface area (TPSA) is 58.5 Å². The Morgan fingerprint density at radius 1 is 0.923 bits per heavy atom. The predicted molar refractivity (Wildman–Crippen MR) is 101 cm³/mol. The molecule has 2 heterocycles. The van der Waals surface area contributed by atoms with Crippen LogP contribution in [0.1, 0.15) is 43.5 Å². The van der Waals surface area contributed by atoms with Gasteiger partial charge in [-0.3, -0.25) is 9.59 Å². The first-order chi connectivity index (χ1) is 12.4. The van der Waals surface area contributed by atoms with E-state index in [0.29, 0.717) is 16.9 Å². The van der Waals surface area contributed by atoms with Crippen molar-refractivity contribution >= 4 is 17.5 Å². The van der Waals surface area contributed by atoms with Crippen LogP contribution >= 0.6 is 0 Å². The molecular formula is C22H20N2O2. The van der Waals surface area contributed by atoms with Crippen LogP contribution < -0.4 is 5.32 Å². The number of nitrogens with zero attached hydrogens (tertiary/aromatic N) is 1. The van der Waals surface area contributed by atoms with E-state index in [-0.39, 0.29) is 17.2 Å². The first kappa shape index (κ1) is 16.5. The van der Waals surface area contributed by atoms with Gasteiger partial charge in [-0.25, -0.2) is 4.99 Å². The molecule has 0 radical (unpaired) electrons. The predicted octanol–water partition coefficient (Wildman–Crippen LogP) is 3.48. The van der Waals surface area contributed by atoms with Crippen molar-refractivity contribution in [1.82, 2.24) is 5.32 Å². The summed E-state index contributed by atoms with van der Waals surface area (Å²) in [7, 11) is 0. The zero-order valence-electron chi connectivity index (χ0n) is 15.0. The van der Waals surface area contributed by atoms with Gasteiger partial charge in [0.1, 0.15) is 0 Å². The van der Waals surface area contributed by atoms with Crippen molar-refractivity contribution in [3.05, 3.63) is 82.4 Å². The summed E-state index contributed by atoms with van der Waals surface area (Å²) < 4.78 is 0. The fourth-order valence-corrected chi connectivity index (χ4v) is 3.46. The van der Waals surface area contributed by atoms with Crippen LogP contribution in [0.3, 0.4) is 0 Å². The summed E-state index contributed by atoms with van der Waals surface area (Å²) >= 11 is 0. The molecule has 0 spiro atoms. The number of rotatable bonds is 2. The van der Waals surface area contributed by atoms with Gasteiger partial charge in [0.2, 0.25) is 0 Å². The van der Waals surface area contributed by atoms with Crippen LogP contribution in [0, 0.1) is 0 Å². The highest BCUT2D eigenvalue weighted by atomic mass is 16.2. The molecule has 0 bridgehead atoms. The first-order valence-electron chi connectivity index (χ1n) is 8.70. The smallest absolute Gasteiger partial charge is 0.276 e. The molecule has 4 heteroatoms. The summed E-state index contributed by atoms with van der Waals surface area (Å²) in [6.45, 7) is 6.44. The molecule has 0 saturated carbocycles. The van der Waals surface area contributed by atoms with Crippen LogP contribution in [0.4, 0.5) is 0 Å². The summed E-state index contributed by atoms with van der Waals surface area (Å²) in [4.78, 5) is 29.4. The summed E-state index contributed by atoms with van der Waals surface area (Å²) in [6, 6.07) is 17.0. The second-order valence-electron chi connectivity index (χ2n) is 7.70. The third-order valence-corrected chi connectivity index (χ3v) is 4.90. The summed E-state index contributed by atoms with van der Waals surface area (Å²) in [6.07, 6.45) is 0. The molecule has 2 aromatic carbocycles. The zero-order chi connectivity index (χ0) is 18.5. The fraction of sp³-hybridized carbons (Fsp3) is 0.227. The Morgan fingerprint density at radius 3 is 2.19 bits per heavy atom. The highest BCUT2D eigenvalue weighted by Gasteiger charge is 2.43. The number of amides is 2. The molecular weight excluding hydrogens is 324 g/mol. The zero-order valence-corrected chi connectivity index (χ0v) is 15.0. The standard InChI is InChI=1S/C22H20N2O2/c1-22(2,3)15-11-9-14(10-12-15)19-17-16(20(25)24-19)18(23-21(17)26)13-7-5-4-6-8-13/h4-12,18H,1-3H3,(H,23,26). The molecule has 0 fully saturated rings. The van der Waals surface area contributed by atoms with E-state index in [1.807, 2.05) is 54.6 Å². The fourth-order valence-electron chi connectivity index (χ4n) is 3.46. The Kier molecular flexibility index (Phi) is 3.65. The van der Waals surface area contributed by atoms with Gasteiger partial charge in [-0.1, -0.05) is 75.4 Å². The molecule has 4 rings (SSSR count). The van der Waals surface area contributed by atoms with Gasteiger partial charge >= 0.3 is 0 Å². The molecule has 2 amide bonds. The van der Waals surface area contributed by atoms with E-state index in [4.69, 9.17) is 0 Å². The molecule has 1 N–H and O–H groups in total. The van der Waals surface area contributed by atoms with Gasteiger partial charge in [0.05, 0.1) is 22.9 Å². The highest BCUT2D eigenvalue weighted by molar-refractivity contribution is 6.38. The van der Waals surface area contributed by atoms with E-state index in [1.54, 1.807) is 0 Å². The third kappa shape index (κ3) is 2.58. The lowest BCUT2D eigenvalue weighted by atomic mass is 9.86. The normalized spacial score (nSPS) is 19.5. The van der Waals surface area contributed by atoms with Crippen molar-refractivity contribution in [3.63, 3.8) is 0 Å². The van der Waals surface area contributed by atoms with Crippen molar-refractivity contribution in [2.75, 3.05) is 0 Å². The monoisotopic (exact) mass is 344 g/mol. The number of hydrogen-bond acceptors (Lipinski definition) is 2. The van der Waals surface area contributed by atoms with E-state index in [2.05, 4.69) is 31.1 Å². The Labute approximate surface area is 152 Å². The Morgan fingerprint density at radius 2 is 1.58 bits per heavy atom. The van der Waals surface area contributed by atoms with Gasteiger partial charge in [0.15, 0.2) is 0 Å². The lowest BCUT2D eigenvalue weighted by Gasteiger charge is -2.19. The SMILES string of the molecule is CC(C)(C)c1ccc(C2=NC(=O)C3=C2C(=O)NC3c2ccccc2)cc1. The molecule has 0 aromatic heterocycles. The maximum absolute atomic E-state index is 12.6. The van der Waals surface area contributed by atoms with E-state index < -0.39 is 6.04 Å². The molecule has 2 aliphatic rings. The minimum atomic E-state index is -0.429. The van der Waals surface area contributed by atoms with Crippen molar-refractivity contribution in [1.29, 1.82) is 0 Å². The molecule has 4 nitrogen and oxygen atoms in total. The second kappa shape index (κ2) is 5.77. The quantitative estimate of drug-likeness (QED) is 0.907. The van der Waals surface area contributed by atoms with Crippen molar-refractivity contribution in [3.8, 4) is 0 Å². The maximum atomic E-state index is 12.6. The largest absolute Gasteiger partial charge is 0.341 e. The Bertz CT molecular complexity index is 961. The van der Waals surface area contributed by atoms with Gasteiger partial charge in [-0.2, -0.15) is 0 Å². The van der Waals surface area contributed by atoms with Gasteiger partial charge in [-0.05, 0) is 16.5 Å². The number of benzene rings is 2. The average molecular weight is 344 g/mol. The summed E-state index contributed by atoms with van der Waals surface area (Å²) in [5, 5.41) is 2.92. The highest BCUT2D eigenvalue weighted by Crippen LogP contribution is 2.36. The molecule has 130 valence electrons. The van der Waals surface area contributed by atoms with E-state index in [0.717, 1.165) is 11.1 Å². The van der Waals surface area contributed by atoms with E-state index in [9.17, 15) is 9.59 Å². The molecule has 0 aliphatic carbocycles. The van der Waals surface area contributed by atoms with Crippen molar-refractivity contribution < 1.29 is 9.59 Å². The number of nitrogens with one attached hydrogen (secondary N) is 1. The molecule has 1 atom stereocenters. The van der Waals surface area contributed by atoms with Crippen LogP contribution in [0.2, 0.25) is 0 Å². The molecule has 1 unspecified atom stereocenters. The van der Waals surface area contributed by atoms with Gasteiger partial charge in [-0.15, -0.1) is 0 Å². The van der Waals surface area contributed by atoms with Crippen molar-refractivity contribution in [2.45, 2.75) is 32.2 Å². The van der Waals surface area contributed by atoms with E-state index in [1.165, 1.54) is 5.56 Å². The summed E-state index contributed by atoms with van der Waals surface area (Å²) in [5.74, 6) is -0.569. The Hall–Kier alpha value is -3.01. The Balaban J connectivity index is 1.75. The third-order valence-electron chi connectivity index (χ3n) is 4.90. The first-order valence-corrected chi connectivity index (χ1v) is 8.70.